The van der Waals surface area contributed by atoms with Crippen molar-refractivity contribution in [1.82, 2.24) is 4.90 Å². The Hall–Kier alpha value is -2.10. The normalized spacial score (nSPS) is 15.8. The number of primary amides is 1. The maximum absolute atomic E-state index is 12.8. The lowest BCUT2D eigenvalue weighted by molar-refractivity contribution is -0.140. The molecule has 1 aliphatic rings. The van der Waals surface area contributed by atoms with Gasteiger partial charge >= 0.3 is 0 Å². The molecule has 0 spiro atoms. The van der Waals surface area contributed by atoms with Crippen LogP contribution >= 0.6 is 0 Å². The molecule has 4 nitrogen and oxygen atoms in total. The van der Waals surface area contributed by atoms with Crippen molar-refractivity contribution in [3.05, 3.63) is 47.5 Å². The molecule has 1 aromatic rings. The quantitative estimate of drug-likeness (QED) is 0.231. The van der Waals surface area contributed by atoms with Crippen molar-refractivity contribution >= 4 is 11.8 Å². The van der Waals surface area contributed by atoms with Crippen LogP contribution in [0.4, 0.5) is 0 Å². The molecule has 0 radical (unpaired) electrons. The Labute approximate surface area is 195 Å². The summed E-state index contributed by atoms with van der Waals surface area (Å²) in [5.74, 6) is -0.379. The zero-order chi connectivity index (χ0) is 23.0. The molecule has 1 aliphatic heterocycles. The molecule has 2 amide bonds. The smallest absolute Gasteiger partial charge is 0.244 e. The average Bonchev–Trinajstić information content (AvgIpc) is 2.80. The lowest BCUT2D eigenvalue weighted by Gasteiger charge is -2.35. The molecule has 1 heterocycles. The Morgan fingerprint density at radius 3 is 2.16 bits per heavy atom. The van der Waals surface area contributed by atoms with E-state index >= 15 is 0 Å². The predicted molar refractivity (Wildman–Crippen MR) is 133 cm³/mol. The summed E-state index contributed by atoms with van der Waals surface area (Å²) >= 11 is 0. The van der Waals surface area contributed by atoms with Gasteiger partial charge in [-0.3, -0.25) is 9.59 Å². The molecular weight excluding hydrogens is 396 g/mol. The maximum Gasteiger partial charge on any atom is 0.244 e. The first kappa shape index (κ1) is 26.2. The van der Waals surface area contributed by atoms with Crippen LogP contribution in [0.2, 0.25) is 0 Å². The zero-order valence-corrected chi connectivity index (χ0v) is 20.2. The van der Waals surface area contributed by atoms with Crippen LogP contribution < -0.4 is 5.73 Å². The molecule has 178 valence electrons. The van der Waals surface area contributed by atoms with Crippen LogP contribution in [0.25, 0.3) is 0 Å². The SMILES string of the molecule is CCCCCCCCC=CCCCCCCCC(=O)N1CCc2ccccc2C1C(N)=O. The molecule has 0 saturated carbocycles. The fraction of sp³-hybridized carbons (Fsp3) is 0.643. The number of allylic oxidation sites excluding steroid dienone is 2. The lowest BCUT2D eigenvalue weighted by atomic mass is 9.91. The minimum atomic E-state index is -0.615. The first-order chi connectivity index (χ1) is 15.6. The van der Waals surface area contributed by atoms with Crippen LogP contribution in [0.3, 0.4) is 0 Å². The van der Waals surface area contributed by atoms with Crippen molar-refractivity contribution in [2.75, 3.05) is 6.54 Å². The van der Waals surface area contributed by atoms with E-state index in [0.717, 1.165) is 30.4 Å². The van der Waals surface area contributed by atoms with Gasteiger partial charge < -0.3 is 10.6 Å². The van der Waals surface area contributed by atoms with Crippen LogP contribution in [0.1, 0.15) is 114 Å². The average molecular weight is 441 g/mol. The summed E-state index contributed by atoms with van der Waals surface area (Å²) < 4.78 is 0. The third-order valence-corrected chi connectivity index (χ3v) is 6.53. The van der Waals surface area contributed by atoms with E-state index in [1.54, 1.807) is 4.90 Å². The first-order valence-electron chi connectivity index (χ1n) is 13.0. The van der Waals surface area contributed by atoms with Crippen molar-refractivity contribution in [3.63, 3.8) is 0 Å². The zero-order valence-electron chi connectivity index (χ0n) is 20.2. The number of nitrogens with zero attached hydrogens (tertiary/aromatic N) is 1. The van der Waals surface area contributed by atoms with E-state index in [9.17, 15) is 9.59 Å². The minimum absolute atomic E-state index is 0.0564. The third kappa shape index (κ3) is 9.18. The fourth-order valence-electron chi connectivity index (χ4n) is 4.63. The van der Waals surface area contributed by atoms with Crippen molar-refractivity contribution in [2.45, 2.75) is 109 Å². The molecule has 2 rings (SSSR count). The Balaban J connectivity index is 1.54. The summed E-state index contributed by atoms with van der Waals surface area (Å²) in [6.45, 7) is 2.84. The van der Waals surface area contributed by atoms with Gasteiger partial charge in [0.15, 0.2) is 0 Å². The van der Waals surface area contributed by atoms with Gasteiger partial charge in [0.05, 0.1) is 0 Å². The Morgan fingerprint density at radius 2 is 1.50 bits per heavy atom. The highest BCUT2D eigenvalue weighted by atomic mass is 16.2. The summed E-state index contributed by atoms with van der Waals surface area (Å²) in [5, 5.41) is 0. The molecular formula is C28H44N2O2. The van der Waals surface area contributed by atoms with E-state index in [4.69, 9.17) is 5.73 Å². The van der Waals surface area contributed by atoms with Gasteiger partial charge in [-0.05, 0) is 49.7 Å². The largest absolute Gasteiger partial charge is 0.368 e. The van der Waals surface area contributed by atoms with E-state index in [0.29, 0.717) is 13.0 Å². The van der Waals surface area contributed by atoms with Crippen molar-refractivity contribution in [1.29, 1.82) is 0 Å². The van der Waals surface area contributed by atoms with Gasteiger partial charge in [0.25, 0.3) is 0 Å². The molecule has 0 fully saturated rings. The van der Waals surface area contributed by atoms with Crippen LogP contribution in [0, 0.1) is 0 Å². The second kappa shape index (κ2) is 15.7. The Bertz CT molecular complexity index is 713. The monoisotopic (exact) mass is 440 g/mol. The molecule has 32 heavy (non-hydrogen) atoms. The van der Waals surface area contributed by atoms with E-state index in [1.807, 2.05) is 24.3 Å². The summed E-state index contributed by atoms with van der Waals surface area (Å²) in [5.41, 5.74) is 7.68. The third-order valence-electron chi connectivity index (χ3n) is 6.53. The van der Waals surface area contributed by atoms with Crippen molar-refractivity contribution < 1.29 is 9.59 Å². The number of unbranched alkanes of at least 4 members (excludes halogenated alkanes) is 11. The maximum atomic E-state index is 12.8. The second-order valence-corrected chi connectivity index (χ2v) is 9.18. The number of benzene rings is 1. The lowest BCUT2D eigenvalue weighted by Crippen LogP contribution is -2.45. The minimum Gasteiger partial charge on any atom is -0.368 e. The standard InChI is InChI=1S/C28H44N2O2/c1-2-3-4-5-6-7-8-9-10-11-12-13-14-15-16-21-26(31)30-23-22-24-19-17-18-20-25(24)27(30)28(29)32/h9-10,17-20,27H,2-8,11-16,21-23H2,1H3,(H2,29,32). The number of hydrogen-bond acceptors (Lipinski definition) is 2. The molecule has 1 aromatic carbocycles. The number of amides is 2. The van der Waals surface area contributed by atoms with Crippen LogP contribution in [-0.2, 0) is 16.0 Å². The van der Waals surface area contributed by atoms with E-state index in [1.165, 1.54) is 70.6 Å². The number of carbonyl (C=O) groups is 2. The van der Waals surface area contributed by atoms with Gasteiger partial charge in [0, 0.05) is 13.0 Å². The Kier molecular flexibility index (Phi) is 12.8. The second-order valence-electron chi connectivity index (χ2n) is 9.18. The van der Waals surface area contributed by atoms with E-state index < -0.39 is 11.9 Å². The molecule has 0 bridgehead atoms. The van der Waals surface area contributed by atoms with Gasteiger partial charge in [-0.1, -0.05) is 94.7 Å². The fourth-order valence-corrected chi connectivity index (χ4v) is 4.63. The van der Waals surface area contributed by atoms with Crippen LogP contribution in [0.15, 0.2) is 36.4 Å². The number of nitrogens with two attached hydrogens (primary N) is 1. The number of hydrogen-bond donors (Lipinski definition) is 1. The van der Waals surface area contributed by atoms with E-state index in [-0.39, 0.29) is 5.91 Å². The first-order valence-corrected chi connectivity index (χ1v) is 13.0. The molecule has 0 aromatic heterocycles. The summed E-state index contributed by atoms with van der Waals surface area (Å²) in [4.78, 5) is 26.5. The molecule has 1 unspecified atom stereocenters. The molecule has 0 aliphatic carbocycles. The van der Waals surface area contributed by atoms with Gasteiger partial charge in [0.2, 0.25) is 11.8 Å². The molecule has 4 heteroatoms. The van der Waals surface area contributed by atoms with Crippen LogP contribution in [-0.4, -0.2) is 23.3 Å². The number of rotatable bonds is 16. The summed E-state index contributed by atoms with van der Waals surface area (Å²) in [6, 6.07) is 7.21. The van der Waals surface area contributed by atoms with Crippen molar-refractivity contribution in [3.8, 4) is 0 Å². The summed E-state index contributed by atoms with van der Waals surface area (Å²) in [6.07, 6.45) is 22.1. The highest BCUT2D eigenvalue weighted by Gasteiger charge is 2.33. The summed E-state index contributed by atoms with van der Waals surface area (Å²) in [7, 11) is 0. The van der Waals surface area contributed by atoms with Gasteiger partial charge in [-0.25, -0.2) is 0 Å². The molecule has 0 saturated heterocycles. The Morgan fingerprint density at radius 1 is 0.906 bits per heavy atom. The highest BCUT2D eigenvalue weighted by Crippen LogP contribution is 2.30. The topological polar surface area (TPSA) is 63.4 Å². The van der Waals surface area contributed by atoms with Gasteiger partial charge in [-0.2, -0.15) is 0 Å². The van der Waals surface area contributed by atoms with Gasteiger partial charge in [0.1, 0.15) is 6.04 Å². The van der Waals surface area contributed by atoms with Gasteiger partial charge in [-0.15, -0.1) is 0 Å². The van der Waals surface area contributed by atoms with Crippen molar-refractivity contribution in [2.24, 2.45) is 5.73 Å². The number of fused-ring (bicyclic) bond motifs is 1. The predicted octanol–water partition coefficient (Wildman–Crippen LogP) is 6.64. The molecule has 1 atom stereocenters. The van der Waals surface area contributed by atoms with E-state index in [2.05, 4.69) is 19.1 Å². The van der Waals surface area contributed by atoms with Crippen LogP contribution in [0.5, 0.6) is 0 Å². The molecule has 2 N–H and O–H groups in total. The highest BCUT2D eigenvalue weighted by molar-refractivity contribution is 5.88. The number of carbonyl (C=O) groups excluding carboxylic acids is 2.